The van der Waals surface area contributed by atoms with Crippen LogP contribution in [0.2, 0.25) is 5.02 Å². The minimum absolute atomic E-state index is 0.0390. The van der Waals surface area contributed by atoms with E-state index in [1.807, 2.05) is 0 Å². The average molecular weight is 621 g/mol. The zero-order valence-corrected chi connectivity index (χ0v) is 25.2. The van der Waals surface area contributed by atoms with Crippen molar-refractivity contribution in [3.63, 3.8) is 0 Å². The molecule has 3 saturated heterocycles. The first-order valence-corrected chi connectivity index (χ1v) is 16.9. The van der Waals surface area contributed by atoms with Crippen LogP contribution in [0, 0.1) is 11.0 Å². The van der Waals surface area contributed by atoms with Crippen LogP contribution in [-0.4, -0.2) is 72.5 Å². The molecule has 0 bridgehead atoms. The SMILES string of the molecule is O=C(OC1(C2CCCC(c3cc(F)c[n+]([O-])c3)N2S(=O)(=O)c2ccc(Cl)cc2)CC1)N1CCC(N2CCCCC2)CC1. The summed E-state index contributed by atoms with van der Waals surface area (Å²) in [6, 6.07) is 6.15. The van der Waals surface area contributed by atoms with Crippen LogP contribution < -0.4 is 4.73 Å². The third-order valence-corrected chi connectivity index (χ3v) is 11.6. The number of likely N-dealkylation sites (tertiary alicyclic amines) is 2. The number of amides is 1. The Balaban J connectivity index is 1.25. The van der Waals surface area contributed by atoms with Gasteiger partial charge in [-0.2, -0.15) is 9.04 Å². The van der Waals surface area contributed by atoms with E-state index in [1.54, 1.807) is 4.90 Å². The molecule has 1 aromatic carbocycles. The summed E-state index contributed by atoms with van der Waals surface area (Å²) >= 11 is 6.05. The summed E-state index contributed by atoms with van der Waals surface area (Å²) in [5, 5.41) is 12.6. The molecule has 42 heavy (non-hydrogen) atoms. The summed E-state index contributed by atoms with van der Waals surface area (Å²) in [6.45, 7) is 3.47. The van der Waals surface area contributed by atoms with Crippen LogP contribution in [-0.2, 0) is 14.8 Å². The number of halogens is 2. The van der Waals surface area contributed by atoms with Gasteiger partial charge in [-0.15, -0.1) is 0 Å². The highest BCUT2D eigenvalue weighted by Crippen LogP contribution is 2.52. The number of hydrogen-bond acceptors (Lipinski definition) is 6. The first-order valence-electron chi connectivity index (χ1n) is 15.1. The normalized spacial score (nSPS) is 25.7. The number of carbonyl (C=O) groups is 1. The fraction of sp³-hybridized carbons (Fsp3) is 0.600. The fourth-order valence-electron chi connectivity index (χ4n) is 7.13. The van der Waals surface area contributed by atoms with Crippen molar-refractivity contribution < 1.29 is 27.1 Å². The van der Waals surface area contributed by atoms with Gasteiger partial charge in [0.25, 0.3) is 0 Å². The number of rotatable bonds is 6. The van der Waals surface area contributed by atoms with E-state index in [2.05, 4.69) is 4.90 Å². The molecule has 1 amide bonds. The van der Waals surface area contributed by atoms with Crippen LogP contribution in [0.4, 0.5) is 9.18 Å². The van der Waals surface area contributed by atoms with Gasteiger partial charge in [0.2, 0.25) is 16.2 Å². The second-order valence-electron chi connectivity index (χ2n) is 12.1. The van der Waals surface area contributed by atoms with Gasteiger partial charge in [0.1, 0.15) is 5.60 Å². The standard InChI is InChI=1S/C30H38ClFN4O5S/c31-23-7-9-26(10-8-23)42(39,40)36-27(22-19-24(32)21-35(38)20-22)5-4-6-28(36)30(13-14-30)41-29(37)34-17-11-25(12-18-34)33-15-2-1-3-16-33/h7-10,19-21,25,27-28H,1-6,11-18H2. The van der Waals surface area contributed by atoms with Gasteiger partial charge in [-0.25, -0.2) is 17.6 Å². The van der Waals surface area contributed by atoms with Crippen LogP contribution >= 0.6 is 11.6 Å². The zero-order chi connectivity index (χ0) is 29.5. The van der Waals surface area contributed by atoms with E-state index in [1.165, 1.54) is 60.1 Å². The van der Waals surface area contributed by atoms with Gasteiger partial charge in [-0.05, 0) is 101 Å². The lowest BCUT2D eigenvalue weighted by Gasteiger charge is -2.45. The van der Waals surface area contributed by atoms with Gasteiger partial charge >= 0.3 is 6.09 Å². The number of piperidine rings is 3. The number of hydrogen-bond donors (Lipinski definition) is 0. The molecular weight excluding hydrogens is 583 g/mol. The minimum Gasteiger partial charge on any atom is -0.619 e. The Morgan fingerprint density at radius 2 is 1.67 bits per heavy atom. The Bertz CT molecular complexity index is 1370. The lowest BCUT2D eigenvalue weighted by Crippen LogP contribution is -2.55. The summed E-state index contributed by atoms with van der Waals surface area (Å²) < 4.78 is 50.8. The topological polar surface area (TPSA) is 97.1 Å². The molecule has 12 heteroatoms. The third-order valence-electron chi connectivity index (χ3n) is 9.45. The lowest BCUT2D eigenvalue weighted by atomic mass is 9.90. The second kappa shape index (κ2) is 11.9. The van der Waals surface area contributed by atoms with Crippen molar-refractivity contribution in [3.8, 4) is 0 Å². The molecule has 2 unspecified atom stereocenters. The Morgan fingerprint density at radius 3 is 2.31 bits per heavy atom. The van der Waals surface area contributed by atoms with E-state index in [-0.39, 0.29) is 10.5 Å². The van der Waals surface area contributed by atoms with Crippen molar-refractivity contribution in [3.05, 3.63) is 64.3 Å². The van der Waals surface area contributed by atoms with Crippen LogP contribution in [0.15, 0.2) is 47.6 Å². The highest BCUT2D eigenvalue weighted by atomic mass is 35.5. The number of sulfonamides is 1. The molecule has 4 heterocycles. The maximum Gasteiger partial charge on any atom is 0.410 e. The predicted molar refractivity (Wildman–Crippen MR) is 155 cm³/mol. The Kier molecular flexibility index (Phi) is 8.39. The molecule has 228 valence electrons. The average Bonchev–Trinajstić information content (AvgIpc) is 3.77. The number of benzene rings is 1. The largest absolute Gasteiger partial charge is 0.619 e. The lowest BCUT2D eigenvalue weighted by molar-refractivity contribution is -0.607. The number of ether oxygens (including phenoxy) is 1. The number of carbonyl (C=O) groups excluding carboxylic acids is 1. The summed E-state index contributed by atoms with van der Waals surface area (Å²) in [6.07, 6.45) is 9.78. The van der Waals surface area contributed by atoms with Gasteiger partial charge in [0.05, 0.1) is 17.0 Å². The maximum absolute atomic E-state index is 14.4. The van der Waals surface area contributed by atoms with Gasteiger partial charge < -0.3 is 19.7 Å². The first kappa shape index (κ1) is 29.6. The van der Waals surface area contributed by atoms with Crippen LogP contribution in [0.1, 0.15) is 75.8 Å². The molecule has 3 aliphatic heterocycles. The van der Waals surface area contributed by atoms with Gasteiger partial charge in [0.15, 0.2) is 12.0 Å². The molecule has 1 aromatic heterocycles. The molecule has 1 saturated carbocycles. The maximum atomic E-state index is 14.4. The van der Waals surface area contributed by atoms with Gasteiger partial charge in [0, 0.05) is 29.7 Å². The molecule has 0 spiro atoms. The highest BCUT2D eigenvalue weighted by Gasteiger charge is 2.60. The Labute approximate surface area is 251 Å². The second-order valence-corrected chi connectivity index (χ2v) is 14.4. The summed E-state index contributed by atoms with van der Waals surface area (Å²) in [4.78, 5) is 17.8. The number of nitrogens with zero attached hydrogens (tertiary/aromatic N) is 4. The molecule has 2 aromatic rings. The van der Waals surface area contributed by atoms with Crippen LogP contribution in [0.25, 0.3) is 0 Å². The molecule has 6 rings (SSSR count). The van der Waals surface area contributed by atoms with Crippen molar-refractivity contribution >= 4 is 27.7 Å². The minimum atomic E-state index is -4.14. The molecule has 0 radical (unpaired) electrons. The van der Waals surface area contributed by atoms with Crippen LogP contribution in [0.3, 0.4) is 0 Å². The van der Waals surface area contributed by atoms with E-state index in [4.69, 9.17) is 16.3 Å². The molecule has 0 N–H and O–H groups in total. The van der Waals surface area contributed by atoms with Crippen molar-refractivity contribution in [2.45, 2.75) is 92.8 Å². The molecule has 1 aliphatic carbocycles. The van der Waals surface area contributed by atoms with Gasteiger partial charge in [-0.1, -0.05) is 18.0 Å². The zero-order valence-electron chi connectivity index (χ0n) is 23.7. The number of pyridine rings is 1. The van der Waals surface area contributed by atoms with Crippen LogP contribution in [0.5, 0.6) is 0 Å². The first-order chi connectivity index (χ1) is 20.2. The van der Waals surface area contributed by atoms with Crippen molar-refractivity contribution in [1.82, 2.24) is 14.1 Å². The molecule has 4 fully saturated rings. The summed E-state index contributed by atoms with van der Waals surface area (Å²) in [7, 11) is -4.14. The molecule has 9 nitrogen and oxygen atoms in total. The van der Waals surface area contributed by atoms with Crippen molar-refractivity contribution in [2.75, 3.05) is 26.2 Å². The Morgan fingerprint density at radius 1 is 0.976 bits per heavy atom. The smallest absolute Gasteiger partial charge is 0.410 e. The summed E-state index contributed by atoms with van der Waals surface area (Å²) in [5.41, 5.74) is -0.700. The molecule has 2 atom stereocenters. The van der Waals surface area contributed by atoms with E-state index >= 15 is 0 Å². The monoisotopic (exact) mass is 620 g/mol. The Hall–Kier alpha value is -2.47. The van der Waals surface area contributed by atoms with E-state index in [0.717, 1.165) is 32.1 Å². The van der Waals surface area contributed by atoms with Crippen molar-refractivity contribution in [2.24, 2.45) is 0 Å². The quantitative estimate of drug-likeness (QED) is 0.333. The molecular formula is C30H38ClFN4O5S. The predicted octanol–water partition coefficient (Wildman–Crippen LogP) is 5.02. The highest BCUT2D eigenvalue weighted by molar-refractivity contribution is 7.89. The van der Waals surface area contributed by atoms with Gasteiger partial charge in [-0.3, -0.25) is 0 Å². The third kappa shape index (κ3) is 5.98. The summed E-state index contributed by atoms with van der Waals surface area (Å²) in [5.74, 6) is -0.742. The van der Waals surface area contributed by atoms with E-state index in [0.29, 0.717) is 61.0 Å². The number of aromatic nitrogens is 1. The van der Waals surface area contributed by atoms with Crippen molar-refractivity contribution in [1.29, 1.82) is 0 Å². The van der Waals surface area contributed by atoms with E-state index < -0.39 is 39.6 Å². The fourth-order valence-corrected chi connectivity index (χ4v) is 9.18. The van der Waals surface area contributed by atoms with E-state index in [9.17, 15) is 22.8 Å². The molecule has 4 aliphatic rings.